The third-order valence-electron chi connectivity index (χ3n) is 6.50. The normalized spacial score (nSPS) is 25.9. The van der Waals surface area contributed by atoms with Gasteiger partial charge in [0.2, 0.25) is 6.35 Å². The molecule has 1 fully saturated rings. The molecule has 1 saturated heterocycles. The van der Waals surface area contributed by atoms with E-state index in [0.717, 1.165) is 12.8 Å². The minimum absolute atomic E-state index is 0.0279. The van der Waals surface area contributed by atoms with Crippen molar-refractivity contribution in [2.75, 3.05) is 13.2 Å². The predicted molar refractivity (Wildman–Crippen MR) is 137 cm³/mol. The number of fused-ring (bicyclic) bond motifs is 2. The minimum atomic E-state index is -1.61. The number of nitrogens with two attached hydrogens (primary N) is 1. The molecule has 15 heteroatoms. The molecule has 3 aliphatic rings. The third-order valence-corrected chi connectivity index (χ3v) is 6.50. The summed E-state index contributed by atoms with van der Waals surface area (Å²) < 4.78 is 22.5. The van der Waals surface area contributed by atoms with Crippen molar-refractivity contribution in [2.24, 2.45) is 10.7 Å². The zero-order valence-electron chi connectivity index (χ0n) is 22.2. The number of hydroxylamine groups is 1. The van der Waals surface area contributed by atoms with E-state index in [1.807, 2.05) is 6.92 Å². The lowest BCUT2D eigenvalue weighted by molar-refractivity contribution is -0.157. The van der Waals surface area contributed by atoms with Gasteiger partial charge in [-0.15, -0.1) is 0 Å². The summed E-state index contributed by atoms with van der Waals surface area (Å²) in [6.07, 6.45) is -1.14. The maximum atomic E-state index is 13.1. The van der Waals surface area contributed by atoms with Crippen molar-refractivity contribution < 1.29 is 53.2 Å². The summed E-state index contributed by atoms with van der Waals surface area (Å²) in [6.45, 7) is 0.875. The maximum absolute atomic E-state index is 13.1. The van der Waals surface area contributed by atoms with Crippen molar-refractivity contribution in [2.45, 2.75) is 69.5 Å². The van der Waals surface area contributed by atoms with Gasteiger partial charge >= 0.3 is 23.9 Å². The van der Waals surface area contributed by atoms with Crippen LogP contribution in [0.4, 0.5) is 0 Å². The number of ether oxygens (including phenoxy) is 4. The molecule has 5 N–H and O–H groups in total. The molecule has 15 nitrogen and oxygen atoms in total. The van der Waals surface area contributed by atoms with Crippen molar-refractivity contribution >= 4 is 29.7 Å². The van der Waals surface area contributed by atoms with Gasteiger partial charge in [-0.3, -0.25) is 4.79 Å². The van der Waals surface area contributed by atoms with Gasteiger partial charge < -0.3 is 44.6 Å². The Bertz CT molecular complexity index is 1210. The van der Waals surface area contributed by atoms with Crippen LogP contribution in [0.5, 0.6) is 0 Å². The average molecular weight is 577 g/mol. The highest BCUT2D eigenvalue weighted by atomic mass is 16.7. The number of aliphatic hydroxyl groups is 2. The molecule has 0 bridgehead atoms. The monoisotopic (exact) mass is 576 g/mol. The Hall–Kier alpha value is -4.05. The van der Waals surface area contributed by atoms with E-state index in [2.05, 4.69) is 10.5 Å². The van der Waals surface area contributed by atoms with Gasteiger partial charge in [0.25, 0.3) is 0 Å². The molecule has 0 radical (unpaired) electrons. The Morgan fingerprint density at radius 1 is 1.15 bits per heavy atom. The molecule has 0 aromatic heterocycles. The number of rotatable bonds is 9. The molecule has 1 aromatic carbocycles. The summed E-state index contributed by atoms with van der Waals surface area (Å²) in [5, 5.41) is 19.9. The highest BCUT2D eigenvalue weighted by Crippen LogP contribution is 2.34. The van der Waals surface area contributed by atoms with Gasteiger partial charge in [0.1, 0.15) is 18.8 Å². The van der Waals surface area contributed by atoms with Gasteiger partial charge in [-0.1, -0.05) is 31.9 Å². The number of aliphatic imine (C=N–C) groups is 1. The van der Waals surface area contributed by atoms with Crippen molar-refractivity contribution in [1.29, 1.82) is 0 Å². The maximum Gasteiger partial charge on any atom is 0.339 e. The topological polar surface area (TPSA) is 209 Å². The molecule has 0 spiro atoms. The van der Waals surface area contributed by atoms with Crippen molar-refractivity contribution in [1.82, 2.24) is 10.4 Å². The van der Waals surface area contributed by atoms with Crippen LogP contribution in [-0.4, -0.2) is 95.0 Å². The molecule has 3 heterocycles. The number of nitrogens with one attached hydrogen (secondary N) is 1. The number of unbranched alkanes of at least 4 members (excludes halogenated alkanes) is 2. The second-order valence-corrected chi connectivity index (χ2v) is 9.43. The Kier molecular flexibility index (Phi) is 9.88. The largest absolute Gasteiger partial charge is 0.462 e. The molecule has 4 rings (SSSR count). The molecular weight excluding hydrogens is 544 g/mol. The van der Waals surface area contributed by atoms with Crippen LogP contribution in [0.1, 0.15) is 53.3 Å². The number of benzene rings is 1. The minimum Gasteiger partial charge on any atom is -0.462 e. The molecule has 222 valence electrons. The third kappa shape index (κ3) is 7.00. The van der Waals surface area contributed by atoms with Crippen LogP contribution in [0.3, 0.4) is 0 Å². The molecule has 0 saturated carbocycles. The summed E-state index contributed by atoms with van der Waals surface area (Å²) in [5.41, 5.74) is 7.83. The lowest BCUT2D eigenvalue weighted by atomic mass is 10.0. The van der Waals surface area contributed by atoms with Crippen LogP contribution < -0.4 is 11.2 Å². The number of carbonyl (C=O) groups excluding carboxylic acids is 4. The molecule has 1 unspecified atom stereocenters. The smallest absolute Gasteiger partial charge is 0.339 e. The summed E-state index contributed by atoms with van der Waals surface area (Å²) in [6, 6.07) is 4.61. The lowest BCUT2D eigenvalue weighted by Gasteiger charge is -2.35. The second kappa shape index (κ2) is 13.5. The van der Waals surface area contributed by atoms with Crippen molar-refractivity contribution in [3.63, 3.8) is 0 Å². The first-order valence-electron chi connectivity index (χ1n) is 13.1. The number of hydrogen-bond donors (Lipinski definition) is 4. The zero-order chi connectivity index (χ0) is 29.5. The molecule has 1 aromatic rings. The SMILES string of the molecule is CCCCCC(=O)ONC1=NC(O)N([C@@H]2O[C@H](COC(=O)[C@H](N)CO)[C@H]3OC(=O)c4ccccc4C(=O)O[C@H]32)C=C1. The van der Waals surface area contributed by atoms with Crippen LogP contribution in [0, 0.1) is 0 Å². The lowest BCUT2D eigenvalue weighted by Crippen LogP contribution is -2.51. The number of amidine groups is 1. The van der Waals surface area contributed by atoms with E-state index in [0.29, 0.717) is 6.42 Å². The van der Waals surface area contributed by atoms with Crippen LogP contribution in [0.2, 0.25) is 0 Å². The number of aliphatic hydroxyl groups excluding tert-OH is 2. The van der Waals surface area contributed by atoms with Gasteiger partial charge in [0.05, 0.1) is 17.7 Å². The van der Waals surface area contributed by atoms with Crippen LogP contribution >= 0.6 is 0 Å². The summed E-state index contributed by atoms with van der Waals surface area (Å²) in [4.78, 5) is 60.2. The van der Waals surface area contributed by atoms with Crippen LogP contribution in [0.15, 0.2) is 41.5 Å². The van der Waals surface area contributed by atoms with E-state index in [1.54, 1.807) is 12.1 Å². The quantitative estimate of drug-likeness (QED) is 0.126. The highest BCUT2D eigenvalue weighted by molar-refractivity contribution is 6.03. The zero-order valence-corrected chi connectivity index (χ0v) is 22.2. The van der Waals surface area contributed by atoms with Gasteiger partial charge in [-0.2, -0.15) is 0 Å². The van der Waals surface area contributed by atoms with E-state index in [4.69, 9.17) is 34.6 Å². The standard InChI is InChI=1S/C26H32N4O11/c1-2-3-4-9-19(32)41-29-18-10-11-30(26(36)28-18)22-21-20(17(38-22)13-37-25(35)16(27)12-31)39-23(33)14-7-5-6-8-15(14)24(34)40-21/h5-8,10-11,16-17,20-22,26,31,36H,2-4,9,12-13,27H2,1H3,(H,28,29)/t16-,17-,20-,21-,22-,26?/m1/s1. The Balaban J connectivity index is 1.52. The Labute approximate surface area is 234 Å². The summed E-state index contributed by atoms with van der Waals surface area (Å²) in [7, 11) is 0. The first-order valence-corrected chi connectivity index (χ1v) is 13.1. The van der Waals surface area contributed by atoms with E-state index < -0.39 is 74.0 Å². The van der Waals surface area contributed by atoms with Gasteiger partial charge in [0, 0.05) is 12.6 Å². The fraction of sp³-hybridized carbons (Fsp3) is 0.500. The average Bonchev–Trinajstić information content (AvgIpc) is 3.29. The van der Waals surface area contributed by atoms with E-state index in [-0.39, 0.29) is 23.4 Å². The van der Waals surface area contributed by atoms with E-state index in [9.17, 15) is 24.3 Å². The molecular formula is C26H32N4O11. The Morgan fingerprint density at radius 2 is 1.83 bits per heavy atom. The Morgan fingerprint density at radius 3 is 2.46 bits per heavy atom. The van der Waals surface area contributed by atoms with Gasteiger partial charge in [0.15, 0.2) is 24.3 Å². The molecule has 3 aliphatic heterocycles. The van der Waals surface area contributed by atoms with E-state index >= 15 is 0 Å². The van der Waals surface area contributed by atoms with E-state index in [1.165, 1.54) is 29.3 Å². The summed E-state index contributed by atoms with van der Waals surface area (Å²) in [5.74, 6) is -3.06. The fourth-order valence-electron chi connectivity index (χ4n) is 4.33. The number of nitrogens with zero attached hydrogens (tertiary/aromatic N) is 2. The molecule has 0 aliphatic carbocycles. The fourth-order valence-corrected chi connectivity index (χ4v) is 4.33. The first kappa shape index (κ1) is 29.9. The van der Waals surface area contributed by atoms with Crippen molar-refractivity contribution in [3.05, 3.63) is 47.7 Å². The van der Waals surface area contributed by atoms with Gasteiger partial charge in [-0.25, -0.2) is 24.9 Å². The van der Waals surface area contributed by atoms with Crippen molar-refractivity contribution in [3.8, 4) is 0 Å². The molecule has 6 atom stereocenters. The number of esters is 3. The van der Waals surface area contributed by atoms with Crippen LogP contribution in [0.25, 0.3) is 0 Å². The molecule has 41 heavy (non-hydrogen) atoms. The summed E-state index contributed by atoms with van der Waals surface area (Å²) >= 11 is 0. The van der Waals surface area contributed by atoms with Gasteiger partial charge in [-0.05, 0) is 24.6 Å². The second-order valence-electron chi connectivity index (χ2n) is 9.43. The predicted octanol–water partition coefficient (Wildman–Crippen LogP) is -0.529. The number of carbonyl (C=O) groups is 4. The first-order chi connectivity index (χ1) is 19.7. The highest BCUT2D eigenvalue weighted by Gasteiger charge is 2.54. The number of hydrogen-bond acceptors (Lipinski definition) is 15. The molecule has 0 amide bonds. The van der Waals surface area contributed by atoms with Crippen LogP contribution in [-0.2, 0) is 33.4 Å².